The summed E-state index contributed by atoms with van der Waals surface area (Å²) in [6, 6.07) is 9.27. The number of benzene rings is 2. The van der Waals surface area contributed by atoms with Gasteiger partial charge in [-0.2, -0.15) is 9.40 Å². The van der Waals surface area contributed by atoms with Gasteiger partial charge in [-0.05, 0) is 49.6 Å². The molecule has 0 atom stereocenters. The first-order valence-corrected chi connectivity index (χ1v) is 12.9. The van der Waals surface area contributed by atoms with E-state index in [1.165, 1.54) is 4.31 Å². The molecule has 3 heterocycles. The van der Waals surface area contributed by atoms with Crippen molar-refractivity contribution < 1.29 is 22.7 Å². The highest BCUT2D eigenvalue weighted by Gasteiger charge is 2.35. The SMILES string of the molecule is Cc1cc(C)c(S(=O)(=O)N2CCc3c(c(C(=O)NCc4ccc5c(c4)OCO5)nn3C)C2)c(C)c1. The molecule has 2 aliphatic rings. The fourth-order valence-corrected chi connectivity index (χ4v) is 6.80. The average molecular weight is 497 g/mol. The molecule has 0 saturated heterocycles. The van der Waals surface area contributed by atoms with E-state index in [2.05, 4.69) is 10.4 Å². The quantitative estimate of drug-likeness (QED) is 0.583. The Labute approximate surface area is 204 Å². The molecule has 0 aliphatic carbocycles. The predicted octanol–water partition coefficient (Wildman–Crippen LogP) is 2.75. The minimum atomic E-state index is -3.74. The highest BCUT2D eigenvalue weighted by Crippen LogP contribution is 2.33. The molecule has 184 valence electrons. The number of hydrogen-bond donors (Lipinski definition) is 1. The highest BCUT2D eigenvalue weighted by molar-refractivity contribution is 7.89. The van der Waals surface area contributed by atoms with Gasteiger partial charge in [-0.15, -0.1) is 0 Å². The molecule has 0 saturated carbocycles. The van der Waals surface area contributed by atoms with Crippen molar-refractivity contribution in [2.24, 2.45) is 7.05 Å². The number of carbonyl (C=O) groups excluding carboxylic acids is 1. The Bertz CT molecular complexity index is 1420. The van der Waals surface area contributed by atoms with Crippen LogP contribution in [-0.4, -0.2) is 41.7 Å². The van der Waals surface area contributed by atoms with Crippen LogP contribution in [0.2, 0.25) is 0 Å². The topological polar surface area (TPSA) is 103 Å². The van der Waals surface area contributed by atoms with E-state index in [4.69, 9.17) is 9.47 Å². The zero-order valence-electron chi connectivity index (χ0n) is 20.2. The number of nitrogens with zero attached hydrogens (tertiary/aromatic N) is 3. The van der Waals surface area contributed by atoms with Gasteiger partial charge in [0.1, 0.15) is 0 Å². The van der Waals surface area contributed by atoms with Gasteiger partial charge in [0, 0.05) is 44.4 Å². The molecule has 0 fully saturated rings. The molecular formula is C25H28N4O5S. The summed E-state index contributed by atoms with van der Waals surface area (Å²) in [6.07, 6.45) is 0.484. The van der Waals surface area contributed by atoms with E-state index in [1.54, 1.807) is 11.7 Å². The van der Waals surface area contributed by atoms with Crippen LogP contribution in [0.4, 0.5) is 0 Å². The van der Waals surface area contributed by atoms with E-state index in [0.29, 0.717) is 34.9 Å². The van der Waals surface area contributed by atoms with Crippen molar-refractivity contribution in [1.82, 2.24) is 19.4 Å². The van der Waals surface area contributed by atoms with E-state index in [9.17, 15) is 13.2 Å². The maximum absolute atomic E-state index is 13.6. The lowest BCUT2D eigenvalue weighted by Crippen LogP contribution is -2.37. The molecule has 0 spiro atoms. The van der Waals surface area contributed by atoms with Gasteiger partial charge in [-0.3, -0.25) is 9.48 Å². The molecule has 10 heteroatoms. The zero-order valence-corrected chi connectivity index (χ0v) is 21.0. The number of sulfonamides is 1. The molecule has 0 radical (unpaired) electrons. The van der Waals surface area contributed by atoms with E-state index in [-0.39, 0.29) is 31.5 Å². The Morgan fingerprint density at radius 2 is 1.80 bits per heavy atom. The summed E-state index contributed by atoms with van der Waals surface area (Å²) < 4.78 is 41.1. The lowest BCUT2D eigenvalue weighted by molar-refractivity contribution is 0.0943. The molecule has 2 aliphatic heterocycles. The number of aryl methyl sites for hydroxylation is 4. The normalized spacial score (nSPS) is 15.2. The van der Waals surface area contributed by atoms with E-state index >= 15 is 0 Å². The fraction of sp³-hybridized carbons (Fsp3) is 0.360. The molecule has 0 unspecified atom stereocenters. The monoisotopic (exact) mass is 496 g/mol. The molecule has 1 aromatic heterocycles. The molecule has 3 aromatic rings. The molecule has 35 heavy (non-hydrogen) atoms. The van der Waals surface area contributed by atoms with Crippen LogP contribution in [0.3, 0.4) is 0 Å². The minimum absolute atomic E-state index is 0.102. The third-order valence-corrected chi connectivity index (χ3v) is 8.67. The van der Waals surface area contributed by atoms with Gasteiger partial charge in [0.2, 0.25) is 16.8 Å². The number of amides is 1. The molecule has 0 bridgehead atoms. The van der Waals surface area contributed by atoms with Gasteiger partial charge in [0.05, 0.1) is 4.90 Å². The lowest BCUT2D eigenvalue weighted by atomic mass is 10.1. The summed E-state index contributed by atoms with van der Waals surface area (Å²) in [5.74, 6) is 0.982. The second kappa shape index (κ2) is 8.69. The van der Waals surface area contributed by atoms with E-state index in [1.807, 2.05) is 51.1 Å². The second-order valence-electron chi connectivity index (χ2n) is 9.08. The Morgan fingerprint density at radius 3 is 2.54 bits per heavy atom. The number of carbonyl (C=O) groups is 1. The summed E-state index contributed by atoms with van der Waals surface area (Å²) in [5, 5.41) is 7.34. The Balaban J connectivity index is 1.38. The fourth-order valence-electron chi connectivity index (χ4n) is 4.97. The largest absolute Gasteiger partial charge is 0.454 e. The Morgan fingerprint density at radius 1 is 1.09 bits per heavy atom. The van der Waals surface area contributed by atoms with Crippen LogP contribution in [0.1, 0.15) is 44.0 Å². The Hall–Kier alpha value is -3.37. The van der Waals surface area contributed by atoms with Crippen LogP contribution >= 0.6 is 0 Å². The van der Waals surface area contributed by atoms with Gasteiger partial charge in [0.15, 0.2) is 17.2 Å². The number of rotatable bonds is 5. The highest BCUT2D eigenvalue weighted by atomic mass is 32.2. The number of fused-ring (bicyclic) bond motifs is 2. The molecule has 9 nitrogen and oxygen atoms in total. The maximum Gasteiger partial charge on any atom is 0.272 e. The predicted molar refractivity (Wildman–Crippen MR) is 129 cm³/mol. The smallest absolute Gasteiger partial charge is 0.272 e. The van der Waals surface area contributed by atoms with Crippen molar-refractivity contribution in [2.45, 2.75) is 45.2 Å². The Kier molecular flexibility index (Phi) is 5.80. The molecular weight excluding hydrogens is 468 g/mol. The standard InChI is InChI=1S/C25H28N4O5S/c1-15-9-16(2)24(17(3)10-15)35(31,32)29-8-7-20-19(13-29)23(27-28(20)4)25(30)26-12-18-5-6-21-22(11-18)34-14-33-21/h5-6,9-11H,7-8,12-14H2,1-4H3,(H,26,30). The summed E-state index contributed by atoms with van der Waals surface area (Å²) in [4.78, 5) is 13.4. The first kappa shape index (κ1) is 23.4. The van der Waals surface area contributed by atoms with Crippen LogP contribution in [0.15, 0.2) is 35.2 Å². The minimum Gasteiger partial charge on any atom is -0.454 e. The molecule has 1 N–H and O–H groups in total. The third-order valence-electron chi connectivity index (χ3n) is 6.51. The summed E-state index contributed by atoms with van der Waals surface area (Å²) in [6.45, 7) is 6.50. The van der Waals surface area contributed by atoms with Crippen molar-refractivity contribution in [3.8, 4) is 11.5 Å². The van der Waals surface area contributed by atoms with Gasteiger partial charge < -0.3 is 14.8 Å². The second-order valence-corrected chi connectivity index (χ2v) is 11.0. The van der Waals surface area contributed by atoms with Gasteiger partial charge in [0.25, 0.3) is 5.91 Å². The first-order chi connectivity index (χ1) is 16.6. The average Bonchev–Trinajstić information content (AvgIpc) is 3.40. The van der Waals surface area contributed by atoms with Crippen molar-refractivity contribution in [2.75, 3.05) is 13.3 Å². The van der Waals surface area contributed by atoms with E-state index in [0.717, 1.165) is 27.9 Å². The van der Waals surface area contributed by atoms with Crippen molar-refractivity contribution in [1.29, 1.82) is 0 Å². The summed E-state index contributed by atoms with van der Waals surface area (Å²) >= 11 is 0. The molecule has 5 rings (SSSR count). The molecule has 1 amide bonds. The van der Waals surface area contributed by atoms with Gasteiger partial charge >= 0.3 is 0 Å². The molecule has 2 aromatic carbocycles. The zero-order chi connectivity index (χ0) is 24.9. The number of nitrogens with one attached hydrogen (secondary N) is 1. The van der Waals surface area contributed by atoms with Crippen molar-refractivity contribution in [3.05, 3.63) is 69.5 Å². The first-order valence-electron chi connectivity index (χ1n) is 11.4. The van der Waals surface area contributed by atoms with Gasteiger partial charge in [-0.25, -0.2) is 8.42 Å². The van der Waals surface area contributed by atoms with Crippen LogP contribution in [-0.2, 0) is 36.6 Å². The summed E-state index contributed by atoms with van der Waals surface area (Å²) in [7, 11) is -1.95. The van der Waals surface area contributed by atoms with E-state index < -0.39 is 10.0 Å². The third kappa shape index (κ3) is 4.17. The van der Waals surface area contributed by atoms with Gasteiger partial charge in [-0.1, -0.05) is 23.8 Å². The summed E-state index contributed by atoms with van der Waals surface area (Å²) in [5.41, 5.74) is 5.10. The van der Waals surface area contributed by atoms with Crippen molar-refractivity contribution in [3.63, 3.8) is 0 Å². The van der Waals surface area contributed by atoms with Crippen LogP contribution in [0.25, 0.3) is 0 Å². The van der Waals surface area contributed by atoms with Crippen LogP contribution < -0.4 is 14.8 Å². The maximum atomic E-state index is 13.6. The number of ether oxygens (including phenoxy) is 2. The lowest BCUT2D eigenvalue weighted by Gasteiger charge is -2.28. The number of aromatic nitrogens is 2. The van der Waals surface area contributed by atoms with Crippen LogP contribution in [0, 0.1) is 20.8 Å². The van der Waals surface area contributed by atoms with Crippen molar-refractivity contribution >= 4 is 15.9 Å². The number of hydrogen-bond acceptors (Lipinski definition) is 6. The van der Waals surface area contributed by atoms with Crippen LogP contribution in [0.5, 0.6) is 11.5 Å².